The van der Waals surface area contributed by atoms with Crippen molar-refractivity contribution in [2.24, 2.45) is 5.92 Å². The van der Waals surface area contributed by atoms with Crippen LogP contribution in [0.25, 0.3) is 10.9 Å². The number of pyridine rings is 1. The Morgan fingerprint density at radius 2 is 1.86 bits per heavy atom. The third-order valence-electron chi connectivity index (χ3n) is 5.70. The molecule has 150 valence electrons. The van der Waals surface area contributed by atoms with Crippen LogP contribution in [0.1, 0.15) is 24.1 Å². The molecule has 6 nitrogen and oxygen atoms in total. The number of hydrogen-bond donors (Lipinski definition) is 1. The average molecular weight is 390 g/mol. The van der Waals surface area contributed by atoms with E-state index in [2.05, 4.69) is 27.0 Å². The van der Waals surface area contributed by atoms with Gasteiger partial charge in [0.05, 0.1) is 0 Å². The monoisotopic (exact) mass is 390 g/mol. The van der Waals surface area contributed by atoms with Crippen molar-refractivity contribution in [3.05, 3.63) is 59.9 Å². The van der Waals surface area contributed by atoms with Crippen molar-refractivity contribution in [3.8, 4) is 0 Å². The van der Waals surface area contributed by atoms with Gasteiger partial charge in [0.1, 0.15) is 12.4 Å². The lowest BCUT2D eigenvalue weighted by Gasteiger charge is -2.31. The van der Waals surface area contributed by atoms with Crippen LogP contribution >= 0.6 is 0 Å². The molecule has 0 radical (unpaired) electrons. The molecule has 3 heterocycles. The van der Waals surface area contributed by atoms with E-state index < -0.39 is 0 Å². The molecule has 4 rings (SSSR count). The standard InChI is InChI=1S/C23H26N4O2/c1-16-7-10-24-21(13-16)25-23(29)18-8-11-26(12-9-18)22(28)15-27-17(2)14-19-5-3-4-6-20(19)27/h3-7,10,13-14,18H,8-9,11-12,15H2,1-2H3,(H,24,25,29). The highest BCUT2D eigenvalue weighted by molar-refractivity contribution is 5.92. The van der Waals surface area contributed by atoms with Gasteiger partial charge in [0.15, 0.2) is 0 Å². The molecule has 29 heavy (non-hydrogen) atoms. The van der Waals surface area contributed by atoms with Crippen LogP contribution in [0.15, 0.2) is 48.7 Å². The maximum absolute atomic E-state index is 12.9. The Morgan fingerprint density at radius 3 is 2.62 bits per heavy atom. The zero-order valence-electron chi connectivity index (χ0n) is 16.9. The molecule has 3 aromatic rings. The van der Waals surface area contributed by atoms with Crippen molar-refractivity contribution >= 4 is 28.5 Å². The number of piperidine rings is 1. The van der Waals surface area contributed by atoms with Crippen LogP contribution in [-0.4, -0.2) is 39.4 Å². The van der Waals surface area contributed by atoms with Crippen molar-refractivity contribution < 1.29 is 9.59 Å². The fraction of sp³-hybridized carbons (Fsp3) is 0.348. The summed E-state index contributed by atoms with van der Waals surface area (Å²) in [5.74, 6) is 0.593. The molecule has 2 amide bonds. The molecule has 0 unspecified atom stereocenters. The molecule has 1 fully saturated rings. The number of hydrogen-bond acceptors (Lipinski definition) is 3. The van der Waals surface area contributed by atoms with Gasteiger partial charge >= 0.3 is 0 Å². The van der Waals surface area contributed by atoms with Gasteiger partial charge in [0.2, 0.25) is 11.8 Å². The van der Waals surface area contributed by atoms with Gasteiger partial charge in [-0.1, -0.05) is 18.2 Å². The molecule has 1 saturated heterocycles. The zero-order chi connectivity index (χ0) is 20.4. The van der Waals surface area contributed by atoms with Crippen LogP contribution in [-0.2, 0) is 16.1 Å². The Bertz CT molecular complexity index is 1050. The highest BCUT2D eigenvalue weighted by atomic mass is 16.2. The summed E-state index contributed by atoms with van der Waals surface area (Å²) in [6.45, 7) is 5.55. The number of amides is 2. The van der Waals surface area contributed by atoms with Crippen molar-refractivity contribution in [2.75, 3.05) is 18.4 Å². The quantitative estimate of drug-likeness (QED) is 0.741. The van der Waals surface area contributed by atoms with Gasteiger partial charge in [-0.25, -0.2) is 4.98 Å². The van der Waals surface area contributed by atoms with Crippen molar-refractivity contribution in [1.82, 2.24) is 14.5 Å². The minimum atomic E-state index is -0.0875. The van der Waals surface area contributed by atoms with Crippen molar-refractivity contribution in [1.29, 1.82) is 0 Å². The molecule has 1 aromatic carbocycles. The fourth-order valence-electron chi connectivity index (χ4n) is 4.02. The number of para-hydroxylation sites is 1. The Morgan fingerprint density at radius 1 is 1.10 bits per heavy atom. The maximum atomic E-state index is 12.9. The highest BCUT2D eigenvalue weighted by Gasteiger charge is 2.28. The molecule has 0 atom stereocenters. The maximum Gasteiger partial charge on any atom is 0.242 e. The molecule has 0 saturated carbocycles. The molecular formula is C23H26N4O2. The smallest absolute Gasteiger partial charge is 0.242 e. The lowest BCUT2D eigenvalue weighted by atomic mass is 9.96. The van der Waals surface area contributed by atoms with Crippen molar-refractivity contribution in [2.45, 2.75) is 33.2 Å². The SMILES string of the molecule is Cc1ccnc(NC(=O)C2CCN(C(=O)Cn3c(C)cc4ccccc43)CC2)c1. The molecular weight excluding hydrogens is 364 g/mol. The Kier molecular flexibility index (Phi) is 5.34. The first-order chi connectivity index (χ1) is 14.0. The predicted molar refractivity (Wildman–Crippen MR) is 114 cm³/mol. The second-order valence-electron chi connectivity index (χ2n) is 7.79. The first kappa shape index (κ1) is 19.2. The largest absolute Gasteiger partial charge is 0.341 e. The molecule has 1 N–H and O–H groups in total. The lowest BCUT2D eigenvalue weighted by Crippen LogP contribution is -2.42. The summed E-state index contributed by atoms with van der Waals surface area (Å²) in [6, 6.07) is 14.0. The van der Waals surface area contributed by atoms with Crippen LogP contribution in [0, 0.1) is 19.8 Å². The Labute approximate surface area is 170 Å². The molecule has 2 aromatic heterocycles. The van der Waals surface area contributed by atoms with Crippen molar-refractivity contribution in [3.63, 3.8) is 0 Å². The van der Waals surface area contributed by atoms with Gasteiger partial charge in [0, 0.05) is 36.4 Å². The number of aryl methyl sites for hydroxylation is 2. The number of nitrogens with zero attached hydrogens (tertiary/aromatic N) is 3. The second-order valence-corrected chi connectivity index (χ2v) is 7.79. The topological polar surface area (TPSA) is 67.2 Å². The summed E-state index contributed by atoms with van der Waals surface area (Å²) < 4.78 is 2.07. The molecule has 6 heteroatoms. The van der Waals surface area contributed by atoms with Gasteiger partial charge < -0.3 is 14.8 Å². The van der Waals surface area contributed by atoms with E-state index in [-0.39, 0.29) is 17.7 Å². The first-order valence-corrected chi connectivity index (χ1v) is 10.1. The van der Waals surface area contributed by atoms with Crippen LogP contribution in [0.2, 0.25) is 0 Å². The van der Waals surface area contributed by atoms with Crippen LogP contribution in [0.4, 0.5) is 5.82 Å². The number of benzene rings is 1. The van der Waals surface area contributed by atoms with Crippen LogP contribution < -0.4 is 5.32 Å². The number of fused-ring (bicyclic) bond motifs is 1. The molecule has 0 aliphatic carbocycles. The van der Waals surface area contributed by atoms with E-state index in [1.807, 2.05) is 49.1 Å². The van der Waals surface area contributed by atoms with E-state index in [9.17, 15) is 9.59 Å². The number of aromatic nitrogens is 2. The number of nitrogens with one attached hydrogen (secondary N) is 1. The third kappa shape index (κ3) is 4.16. The van der Waals surface area contributed by atoms with Gasteiger partial charge in [-0.2, -0.15) is 0 Å². The number of carbonyl (C=O) groups is 2. The highest BCUT2D eigenvalue weighted by Crippen LogP contribution is 2.22. The van der Waals surface area contributed by atoms with Gasteiger partial charge in [0.25, 0.3) is 0 Å². The number of likely N-dealkylation sites (tertiary alicyclic amines) is 1. The van der Waals surface area contributed by atoms with Gasteiger partial charge in [-0.15, -0.1) is 0 Å². The van der Waals surface area contributed by atoms with Crippen LogP contribution in [0.3, 0.4) is 0 Å². The summed E-state index contributed by atoms with van der Waals surface area (Å²) in [5.41, 5.74) is 3.22. The van der Waals surface area contributed by atoms with E-state index in [1.165, 1.54) is 0 Å². The van der Waals surface area contributed by atoms with E-state index in [1.54, 1.807) is 6.20 Å². The molecule has 0 spiro atoms. The molecule has 1 aliphatic rings. The first-order valence-electron chi connectivity index (χ1n) is 10.1. The lowest BCUT2D eigenvalue weighted by molar-refractivity contribution is -0.135. The predicted octanol–water partition coefficient (Wildman–Crippen LogP) is 3.53. The Hall–Kier alpha value is -3.15. The van der Waals surface area contributed by atoms with Gasteiger partial charge in [-0.3, -0.25) is 9.59 Å². The average Bonchev–Trinajstić information content (AvgIpc) is 3.03. The Balaban J connectivity index is 1.35. The van der Waals surface area contributed by atoms with Gasteiger partial charge in [-0.05, 0) is 61.9 Å². The normalized spacial score (nSPS) is 14.9. The zero-order valence-corrected chi connectivity index (χ0v) is 16.9. The molecule has 0 bridgehead atoms. The van der Waals surface area contributed by atoms with E-state index in [4.69, 9.17) is 0 Å². The fourth-order valence-corrected chi connectivity index (χ4v) is 4.02. The summed E-state index contributed by atoms with van der Waals surface area (Å²) in [5, 5.41) is 4.05. The summed E-state index contributed by atoms with van der Waals surface area (Å²) in [6.07, 6.45) is 3.04. The van der Waals surface area contributed by atoms with E-state index >= 15 is 0 Å². The number of rotatable bonds is 4. The minimum Gasteiger partial charge on any atom is -0.341 e. The summed E-state index contributed by atoms with van der Waals surface area (Å²) in [4.78, 5) is 31.5. The number of carbonyl (C=O) groups excluding carboxylic acids is 2. The van der Waals surface area contributed by atoms with Crippen LogP contribution in [0.5, 0.6) is 0 Å². The number of anilines is 1. The van der Waals surface area contributed by atoms with E-state index in [0.29, 0.717) is 38.3 Å². The van der Waals surface area contributed by atoms with E-state index in [0.717, 1.165) is 22.2 Å². The minimum absolute atomic E-state index is 0.0116. The summed E-state index contributed by atoms with van der Waals surface area (Å²) >= 11 is 0. The third-order valence-corrected chi connectivity index (χ3v) is 5.70. The summed E-state index contributed by atoms with van der Waals surface area (Å²) in [7, 11) is 0. The second kappa shape index (κ2) is 8.07. The molecule has 1 aliphatic heterocycles.